The van der Waals surface area contributed by atoms with E-state index in [2.05, 4.69) is 0 Å². The fourth-order valence-electron chi connectivity index (χ4n) is 1.35. The Hall–Kier alpha value is -1.00. The smallest absolute Gasteiger partial charge is 0.129 e. The number of aliphatic hydroxyl groups excluding tert-OH is 1. The van der Waals surface area contributed by atoms with Gasteiger partial charge in [-0.3, -0.25) is 0 Å². The number of ether oxygens (including phenoxy) is 1. The molecule has 2 nitrogen and oxygen atoms in total. The summed E-state index contributed by atoms with van der Waals surface area (Å²) in [6.45, 7) is 1.46. The first-order valence-electron chi connectivity index (χ1n) is 4.67. The van der Waals surface area contributed by atoms with Crippen LogP contribution in [0.3, 0.4) is 0 Å². The highest BCUT2D eigenvalue weighted by Gasteiger charge is 2.14. The minimum absolute atomic E-state index is 0.0382. The standard InChI is InChI=1S/C11H14F2O2/c1-7(5-14)9-4-10(12)8(6-15-2)3-11(9)13/h3-4,7,14H,5-6H2,1-2H3. The Balaban J connectivity index is 3.07. The predicted octanol–water partition coefficient (Wildman–Crippen LogP) is 2.21. The van der Waals surface area contributed by atoms with Gasteiger partial charge >= 0.3 is 0 Å². The van der Waals surface area contributed by atoms with E-state index in [0.29, 0.717) is 0 Å². The Labute approximate surface area is 87.5 Å². The number of methoxy groups -OCH3 is 1. The van der Waals surface area contributed by atoms with Gasteiger partial charge in [0.15, 0.2) is 0 Å². The zero-order chi connectivity index (χ0) is 11.4. The molecular weight excluding hydrogens is 202 g/mol. The minimum Gasteiger partial charge on any atom is -0.396 e. The van der Waals surface area contributed by atoms with Gasteiger partial charge in [0, 0.05) is 25.2 Å². The van der Waals surface area contributed by atoms with Gasteiger partial charge < -0.3 is 9.84 Å². The molecule has 0 bridgehead atoms. The SMILES string of the molecule is COCc1cc(F)c(C(C)CO)cc1F. The molecule has 1 aromatic carbocycles. The first-order chi connectivity index (χ1) is 7.10. The average molecular weight is 216 g/mol. The highest BCUT2D eigenvalue weighted by molar-refractivity contribution is 5.28. The van der Waals surface area contributed by atoms with Gasteiger partial charge in [0.2, 0.25) is 0 Å². The predicted molar refractivity (Wildman–Crippen MR) is 52.6 cm³/mol. The van der Waals surface area contributed by atoms with Crippen LogP contribution in [-0.2, 0) is 11.3 Å². The molecule has 1 atom stereocenters. The van der Waals surface area contributed by atoms with Crippen LogP contribution < -0.4 is 0 Å². The van der Waals surface area contributed by atoms with Crippen LogP contribution in [-0.4, -0.2) is 18.8 Å². The third-order valence-electron chi connectivity index (χ3n) is 2.27. The van der Waals surface area contributed by atoms with Gasteiger partial charge in [-0.25, -0.2) is 8.78 Å². The van der Waals surface area contributed by atoms with Gasteiger partial charge in [0.25, 0.3) is 0 Å². The summed E-state index contributed by atoms with van der Waals surface area (Å²) in [5.74, 6) is -1.42. The normalized spacial score (nSPS) is 12.9. The first kappa shape index (κ1) is 12.1. The maximum absolute atomic E-state index is 13.5. The molecule has 1 rings (SSSR count). The Kier molecular flexibility index (Phi) is 4.17. The summed E-state index contributed by atoms with van der Waals surface area (Å²) in [7, 11) is 1.42. The number of aliphatic hydroxyl groups is 1. The summed E-state index contributed by atoms with van der Waals surface area (Å²) in [6, 6.07) is 2.23. The monoisotopic (exact) mass is 216 g/mol. The molecule has 0 heterocycles. The van der Waals surface area contributed by atoms with Crippen LogP contribution in [0.15, 0.2) is 12.1 Å². The van der Waals surface area contributed by atoms with Crippen molar-refractivity contribution in [3.8, 4) is 0 Å². The fraction of sp³-hybridized carbons (Fsp3) is 0.455. The molecule has 1 aromatic rings. The highest BCUT2D eigenvalue weighted by Crippen LogP contribution is 2.22. The zero-order valence-corrected chi connectivity index (χ0v) is 8.76. The number of hydrogen-bond acceptors (Lipinski definition) is 2. The lowest BCUT2D eigenvalue weighted by Gasteiger charge is -2.11. The third kappa shape index (κ3) is 2.73. The van der Waals surface area contributed by atoms with Crippen LogP contribution in [0.4, 0.5) is 8.78 Å². The molecule has 0 saturated heterocycles. The van der Waals surface area contributed by atoms with Crippen LogP contribution in [0, 0.1) is 11.6 Å². The maximum Gasteiger partial charge on any atom is 0.129 e. The Morgan fingerprint density at radius 3 is 2.53 bits per heavy atom. The van der Waals surface area contributed by atoms with Crippen molar-refractivity contribution in [2.45, 2.75) is 19.4 Å². The largest absolute Gasteiger partial charge is 0.396 e. The zero-order valence-electron chi connectivity index (χ0n) is 8.76. The van der Waals surface area contributed by atoms with Crippen molar-refractivity contribution in [2.24, 2.45) is 0 Å². The van der Waals surface area contributed by atoms with Crippen molar-refractivity contribution in [1.29, 1.82) is 0 Å². The molecule has 1 unspecified atom stereocenters. The molecule has 0 aliphatic rings. The van der Waals surface area contributed by atoms with Crippen molar-refractivity contribution in [3.05, 3.63) is 34.9 Å². The second-order valence-electron chi connectivity index (χ2n) is 3.48. The van der Waals surface area contributed by atoms with E-state index in [-0.39, 0.29) is 24.3 Å². The summed E-state index contributed by atoms with van der Waals surface area (Å²) in [5, 5.41) is 8.86. The highest BCUT2D eigenvalue weighted by atomic mass is 19.1. The molecule has 0 aliphatic heterocycles. The van der Waals surface area contributed by atoms with Gasteiger partial charge in [-0.1, -0.05) is 6.92 Å². The van der Waals surface area contributed by atoms with Crippen molar-refractivity contribution < 1.29 is 18.6 Å². The fourth-order valence-corrected chi connectivity index (χ4v) is 1.35. The van der Waals surface area contributed by atoms with E-state index in [1.807, 2.05) is 0 Å². The van der Waals surface area contributed by atoms with Crippen molar-refractivity contribution in [2.75, 3.05) is 13.7 Å². The second-order valence-corrected chi connectivity index (χ2v) is 3.48. The molecule has 1 N–H and O–H groups in total. The minimum atomic E-state index is -0.509. The van der Waals surface area contributed by atoms with Crippen LogP contribution in [0.25, 0.3) is 0 Å². The Morgan fingerprint density at radius 1 is 1.33 bits per heavy atom. The van der Waals surface area contributed by atoms with E-state index in [4.69, 9.17) is 9.84 Å². The third-order valence-corrected chi connectivity index (χ3v) is 2.27. The maximum atomic E-state index is 13.5. The summed E-state index contributed by atoms with van der Waals surface area (Å²) in [4.78, 5) is 0. The van der Waals surface area contributed by atoms with Gasteiger partial charge in [0.1, 0.15) is 11.6 Å². The van der Waals surface area contributed by atoms with Crippen LogP contribution in [0.2, 0.25) is 0 Å². The lowest BCUT2D eigenvalue weighted by Crippen LogP contribution is -2.05. The topological polar surface area (TPSA) is 29.5 Å². The molecule has 84 valence electrons. The van der Waals surface area contributed by atoms with E-state index >= 15 is 0 Å². The Bertz CT molecular complexity index is 340. The molecule has 0 radical (unpaired) electrons. The summed E-state index contributed by atoms with van der Waals surface area (Å²) in [5.41, 5.74) is 0.374. The van der Waals surface area contributed by atoms with E-state index < -0.39 is 17.6 Å². The van der Waals surface area contributed by atoms with E-state index in [9.17, 15) is 8.78 Å². The number of rotatable bonds is 4. The number of benzene rings is 1. The molecule has 0 spiro atoms. The molecule has 15 heavy (non-hydrogen) atoms. The summed E-state index contributed by atoms with van der Waals surface area (Å²) < 4.78 is 31.6. The van der Waals surface area contributed by atoms with Gasteiger partial charge in [-0.15, -0.1) is 0 Å². The molecule has 0 aliphatic carbocycles. The Morgan fingerprint density at radius 2 is 2.00 bits per heavy atom. The number of halogens is 2. The van der Waals surface area contributed by atoms with Crippen molar-refractivity contribution in [1.82, 2.24) is 0 Å². The van der Waals surface area contributed by atoms with Gasteiger partial charge in [0.05, 0.1) is 6.61 Å². The molecule has 4 heteroatoms. The van der Waals surface area contributed by atoms with Gasteiger partial charge in [-0.05, 0) is 17.7 Å². The second kappa shape index (κ2) is 5.19. The van der Waals surface area contributed by atoms with Crippen LogP contribution >= 0.6 is 0 Å². The van der Waals surface area contributed by atoms with Gasteiger partial charge in [-0.2, -0.15) is 0 Å². The van der Waals surface area contributed by atoms with Crippen LogP contribution in [0.5, 0.6) is 0 Å². The summed E-state index contributed by atoms with van der Waals surface area (Å²) >= 11 is 0. The van der Waals surface area contributed by atoms with E-state index in [1.54, 1.807) is 6.92 Å². The van der Waals surface area contributed by atoms with Crippen molar-refractivity contribution in [3.63, 3.8) is 0 Å². The average Bonchev–Trinajstić information content (AvgIpc) is 2.22. The number of hydrogen-bond donors (Lipinski definition) is 1. The lowest BCUT2D eigenvalue weighted by atomic mass is 9.99. The van der Waals surface area contributed by atoms with E-state index in [1.165, 1.54) is 7.11 Å². The lowest BCUT2D eigenvalue weighted by molar-refractivity contribution is 0.181. The first-order valence-corrected chi connectivity index (χ1v) is 4.67. The molecular formula is C11H14F2O2. The quantitative estimate of drug-likeness (QED) is 0.836. The molecule has 0 amide bonds. The summed E-state index contributed by atoms with van der Waals surface area (Å²) in [6.07, 6.45) is 0. The molecule has 0 fully saturated rings. The van der Waals surface area contributed by atoms with E-state index in [0.717, 1.165) is 12.1 Å². The van der Waals surface area contributed by atoms with Crippen LogP contribution in [0.1, 0.15) is 24.0 Å². The van der Waals surface area contributed by atoms with Crippen molar-refractivity contribution >= 4 is 0 Å². The molecule has 0 aromatic heterocycles. The molecule has 0 saturated carbocycles.